The SMILES string of the molecule is CCCCCCOc1ccc(/C=C2/C(=O)NC(=O)N(c3ccc(O)cc3)C2=O)cc1OC. The van der Waals surface area contributed by atoms with Gasteiger partial charge in [-0.05, 0) is 54.5 Å². The minimum Gasteiger partial charge on any atom is -0.508 e. The second-order valence-electron chi connectivity index (χ2n) is 7.29. The van der Waals surface area contributed by atoms with Crippen LogP contribution < -0.4 is 19.7 Å². The van der Waals surface area contributed by atoms with Gasteiger partial charge in [-0.15, -0.1) is 0 Å². The first-order valence-electron chi connectivity index (χ1n) is 10.5. The number of phenols is 1. The van der Waals surface area contributed by atoms with Gasteiger partial charge in [0.2, 0.25) is 0 Å². The van der Waals surface area contributed by atoms with Gasteiger partial charge in [0.25, 0.3) is 11.8 Å². The van der Waals surface area contributed by atoms with Crippen molar-refractivity contribution in [1.29, 1.82) is 0 Å². The maximum atomic E-state index is 12.9. The van der Waals surface area contributed by atoms with Gasteiger partial charge >= 0.3 is 6.03 Å². The normalized spacial score (nSPS) is 15.1. The lowest BCUT2D eigenvalue weighted by Crippen LogP contribution is -2.54. The van der Waals surface area contributed by atoms with Crippen LogP contribution in [0, 0.1) is 0 Å². The third-order valence-corrected chi connectivity index (χ3v) is 4.96. The number of hydrogen-bond acceptors (Lipinski definition) is 6. The molecule has 2 aromatic carbocycles. The van der Waals surface area contributed by atoms with E-state index in [2.05, 4.69) is 12.2 Å². The number of phenolic OH excluding ortho intramolecular Hbond substituents is 1. The van der Waals surface area contributed by atoms with Gasteiger partial charge in [0.15, 0.2) is 11.5 Å². The number of benzene rings is 2. The summed E-state index contributed by atoms with van der Waals surface area (Å²) in [5.74, 6) is -0.508. The summed E-state index contributed by atoms with van der Waals surface area (Å²) < 4.78 is 11.2. The largest absolute Gasteiger partial charge is 0.508 e. The van der Waals surface area contributed by atoms with E-state index < -0.39 is 17.8 Å². The van der Waals surface area contributed by atoms with Crippen molar-refractivity contribution in [3.05, 3.63) is 53.6 Å². The number of barbiturate groups is 1. The van der Waals surface area contributed by atoms with Crippen molar-refractivity contribution < 1.29 is 29.0 Å². The first-order valence-corrected chi connectivity index (χ1v) is 10.5. The van der Waals surface area contributed by atoms with Crippen LogP contribution in [0.5, 0.6) is 17.2 Å². The summed E-state index contributed by atoms with van der Waals surface area (Å²) in [7, 11) is 1.51. The van der Waals surface area contributed by atoms with Gasteiger partial charge in [-0.1, -0.05) is 32.3 Å². The number of urea groups is 1. The van der Waals surface area contributed by atoms with Crippen molar-refractivity contribution in [3.8, 4) is 17.2 Å². The summed E-state index contributed by atoms with van der Waals surface area (Å²) in [6.45, 7) is 2.72. The van der Waals surface area contributed by atoms with Crippen LogP contribution in [0.2, 0.25) is 0 Å². The molecule has 1 aliphatic heterocycles. The number of anilines is 1. The van der Waals surface area contributed by atoms with Crippen LogP contribution in [0.15, 0.2) is 48.0 Å². The summed E-state index contributed by atoms with van der Waals surface area (Å²) in [4.78, 5) is 38.4. The fourth-order valence-corrected chi connectivity index (χ4v) is 3.26. The molecule has 1 fully saturated rings. The van der Waals surface area contributed by atoms with Crippen molar-refractivity contribution in [3.63, 3.8) is 0 Å². The number of rotatable bonds is 9. The summed E-state index contributed by atoms with van der Waals surface area (Å²) in [6, 6.07) is 9.76. The standard InChI is InChI=1S/C24H26N2O6/c1-3-4-5-6-13-32-20-12-7-16(15-21(20)31-2)14-19-22(28)25-24(30)26(23(19)29)17-8-10-18(27)11-9-17/h7-12,14-15,27H,3-6,13H2,1-2H3,(H,25,28,30)/b19-14-. The smallest absolute Gasteiger partial charge is 0.335 e. The van der Waals surface area contributed by atoms with Crippen LogP contribution in [0.4, 0.5) is 10.5 Å². The number of hydrogen-bond donors (Lipinski definition) is 2. The highest BCUT2D eigenvalue weighted by Crippen LogP contribution is 2.30. The van der Waals surface area contributed by atoms with Crippen molar-refractivity contribution in [2.45, 2.75) is 32.6 Å². The Labute approximate surface area is 186 Å². The average Bonchev–Trinajstić information content (AvgIpc) is 2.78. The zero-order chi connectivity index (χ0) is 23.1. The molecule has 0 saturated carbocycles. The van der Waals surface area contributed by atoms with E-state index in [4.69, 9.17) is 9.47 Å². The molecule has 0 aromatic heterocycles. The second-order valence-corrected chi connectivity index (χ2v) is 7.29. The zero-order valence-corrected chi connectivity index (χ0v) is 18.1. The van der Waals surface area contributed by atoms with Crippen molar-refractivity contribution >= 4 is 29.6 Å². The molecule has 0 bridgehead atoms. The molecule has 0 unspecified atom stereocenters. The van der Waals surface area contributed by atoms with Crippen LogP contribution in [0.1, 0.15) is 38.2 Å². The lowest BCUT2D eigenvalue weighted by atomic mass is 10.1. The molecule has 8 heteroatoms. The Morgan fingerprint density at radius 1 is 1.00 bits per heavy atom. The Kier molecular flexibility index (Phi) is 7.49. The predicted molar refractivity (Wildman–Crippen MR) is 120 cm³/mol. The van der Waals surface area contributed by atoms with Gasteiger partial charge in [-0.3, -0.25) is 14.9 Å². The van der Waals surface area contributed by atoms with E-state index in [-0.39, 0.29) is 17.0 Å². The molecule has 8 nitrogen and oxygen atoms in total. The summed E-state index contributed by atoms with van der Waals surface area (Å²) in [5, 5.41) is 11.6. The number of imide groups is 2. The van der Waals surface area contributed by atoms with Gasteiger partial charge in [-0.25, -0.2) is 9.69 Å². The second kappa shape index (κ2) is 10.5. The van der Waals surface area contributed by atoms with Gasteiger partial charge < -0.3 is 14.6 Å². The molecule has 2 aromatic rings. The number of unbranched alkanes of at least 4 members (excludes halogenated alkanes) is 3. The van der Waals surface area contributed by atoms with Gasteiger partial charge in [-0.2, -0.15) is 0 Å². The first kappa shape index (κ1) is 22.9. The van der Waals surface area contributed by atoms with Crippen LogP contribution in [-0.2, 0) is 9.59 Å². The van der Waals surface area contributed by atoms with E-state index in [1.54, 1.807) is 18.2 Å². The molecular weight excluding hydrogens is 412 g/mol. The molecule has 0 radical (unpaired) electrons. The van der Waals surface area contributed by atoms with E-state index in [1.807, 2.05) is 0 Å². The Morgan fingerprint density at radius 2 is 1.75 bits per heavy atom. The predicted octanol–water partition coefficient (Wildman–Crippen LogP) is 4.03. The van der Waals surface area contributed by atoms with Crippen LogP contribution >= 0.6 is 0 Å². The molecule has 1 heterocycles. The molecule has 0 atom stereocenters. The number of methoxy groups -OCH3 is 1. The van der Waals surface area contributed by atoms with Crippen LogP contribution in [0.3, 0.4) is 0 Å². The monoisotopic (exact) mass is 438 g/mol. The first-order chi connectivity index (χ1) is 15.4. The Balaban J connectivity index is 1.82. The molecule has 168 valence electrons. The molecule has 2 N–H and O–H groups in total. The molecule has 0 aliphatic carbocycles. The van der Waals surface area contributed by atoms with E-state index >= 15 is 0 Å². The number of carbonyl (C=O) groups excluding carboxylic acids is 3. The van der Waals surface area contributed by atoms with Crippen molar-refractivity contribution in [2.75, 3.05) is 18.6 Å². The molecule has 1 saturated heterocycles. The van der Waals surface area contributed by atoms with Crippen LogP contribution in [-0.4, -0.2) is 36.7 Å². The number of carbonyl (C=O) groups is 3. The summed E-state index contributed by atoms with van der Waals surface area (Å²) in [6.07, 6.45) is 5.74. The number of amides is 4. The number of aromatic hydroxyl groups is 1. The average molecular weight is 438 g/mol. The van der Waals surface area contributed by atoms with Gasteiger partial charge in [0.1, 0.15) is 11.3 Å². The van der Waals surface area contributed by atoms with Gasteiger partial charge in [0.05, 0.1) is 19.4 Å². The molecule has 4 amide bonds. The quantitative estimate of drug-likeness (QED) is 0.348. The number of nitrogens with one attached hydrogen (secondary N) is 1. The highest BCUT2D eigenvalue weighted by molar-refractivity contribution is 6.39. The minimum absolute atomic E-state index is 0.00905. The summed E-state index contributed by atoms with van der Waals surface area (Å²) in [5.41, 5.74) is 0.569. The van der Waals surface area contributed by atoms with E-state index in [9.17, 15) is 19.5 Å². The Bertz CT molecular complexity index is 1030. The molecule has 1 aliphatic rings. The molecule has 32 heavy (non-hydrogen) atoms. The Morgan fingerprint density at radius 3 is 2.44 bits per heavy atom. The number of ether oxygens (including phenoxy) is 2. The highest BCUT2D eigenvalue weighted by atomic mass is 16.5. The molecule has 3 rings (SSSR count). The fraction of sp³-hybridized carbons (Fsp3) is 0.292. The topological polar surface area (TPSA) is 105 Å². The van der Waals surface area contributed by atoms with E-state index in [0.29, 0.717) is 23.7 Å². The van der Waals surface area contributed by atoms with Crippen molar-refractivity contribution in [2.24, 2.45) is 0 Å². The summed E-state index contributed by atoms with van der Waals surface area (Å²) >= 11 is 0. The lowest BCUT2D eigenvalue weighted by Gasteiger charge is -2.26. The third kappa shape index (κ3) is 5.26. The van der Waals surface area contributed by atoms with Crippen molar-refractivity contribution in [1.82, 2.24) is 5.32 Å². The van der Waals surface area contributed by atoms with E-state index in [1.165, 1.54) is 37.5 Å². The third-order valence-electron chi connectivity index (χ3n) is 4.96. The molecule has 0 spiro atoms. The molecular formula is C24H26N2O6. The fourth-order valence-electron chi connectivity index (χ4n) is 3.26. The maximum Gasteiger partial charge on any atom is 0.335 e. The highest BCUT2D eigenvalue weighted by Gasteiger charge is 2.36. The maximum absolute atomic E-state index is 12.9. The lowest BCUT2D eigenvalue weighted by molar-refractivity contribution is -0.122. The zero-order valence-electron chi connectivity index (χ0n) is 18.1. The van der Waals surface area contributed by atoms with Gasteiger partial charge in [0, 0.05) is 0 Å². The Hall–Kier alpha value is -3.81. The van der Waals surface area contributed by atoms with E-state index in [0.717, 1.165) is 30.6 Å². The number of nitrogens with zero attached hydrogens (tertiary/aromatic N) is 1. The minimum atomic E-state index is -0.854. The van der Waals surface area contributed by atoms with Crippen LogP contribution in [0.25, 0.3) is 6.08 Å².